The van der Waals surface area contributed by atoms with E-state index >= 15 is 0 Å². The van der Waals surface area contributed by atoms with Crippen LogP contribution in [0.2, 0.25) is 0 Å². The van der Waals surface area contributed by atoms with Crippen molar-refractivity contribution in [3.8, 4) is 0 Å². The Morgan fingerprint density at radius 3 is 1.33 bits per heavy atom. The number of rotatable bonds is 46. The van der Waals surface area contributed by atoms with Crippen LogP contribution in [0, 0.1) is 0 Å². The van der Waals surface area contributed by atoms with E-state index in [1.807, 2.05) is 21.1 Å². The van der Waals surface area contributed by atoms with Crippen LogP contribution in [0.1, 0.15) is 219 Å². The van der Waals surface area contributed by atoms with E-state index in [1.165, 1.54) is 109 Å². The molecule has 2 unspecified atom stereocenters. The number of quaternary nitrogens is 1. The molecule has 2 atom stereocenters. The maximum absolute atomic E-state index is 12.8. The molecule has 364 valence electrons. The number of carbonyl (C=O) groups excluding carboxylic acids is 2. The van der Waals surface area contributed by atoms with E-state index in [0.717, 1.165) is 77.0 Å². The molecule has 0 radical (unpaired) electrons. The molecule has 0 aliphatic rings. The molecule has 8 nitrogen and oxygen atoms in total. The lowest BCUT2D eigenvalue weighted by molar-refractivity contribution is -0.887. The molecule has 0 aromatic heterocycles. The summed E-state index contributed by atoms with van der Waals surface area (Å²) >= 11 is 0. The summed E-state index contributed by atoms with van der Waals surface area (Å²) < 4.78 is 17.3. The van der Waals surface area contributed by atoms with Gasteiger partial charge in [-0.15, -0.1) is 0 Å². The van der Waals surface area contributed by atoms with Gasteiger partial charge >= 0.3 is 17.9 Å². The molecule has 0 heterocycles. The second-order valence-corrected chi connectivity index (χ2v) is 18.4. The third kappa shape index (κ3) is 44.0. The Labute approximate surface area is 388 Å². The fourth-order valence-electron chi connectivity index (χ4n) is 7.43. The molecule has 0 spiro atoms. The van der Waals surface area contributed by atoms with E-state index in [-0.39, 0.29) is 36.2 Å². The molecular formula is C55H98NO7+. The Kier molecular flexibility index (Phi) is 43.4. The summed E-state index contributed by atoms with van der Waals surface area (Å²) in [5, 5.41) is 9.65. The fourth-order valence-corrected chi connectivity index (χ4v) is 7.43. The Hall–Kier alpha value is -2.97. The summed E-state index contributed by atoms with van der Waals surface area (Å²) in [6.07, 6.45) is 57.0. The Morgan fingerprint density at radius 1 is 0.492 bits per heavy atom. The second kappa shape index (κ2) is 45.6. The molecule has 0 aromatic rings. The summed E-state index contributed by atoms with van der Waals surface area (Å²) in [4.78, 5) is 37.2. The molecule has 0 bridgehead atoms. The molecule has 0 aromatic carbocycles. The maximum Gasteiger partial charge on any atom is 0.362 e. The molecule has 0 aliphatic heterocycles. The largest absolute Gasteiger partial charge is 0.477 e. The average Bonchev–Trinajstić information content (AvgIpc) is 3.24. The van der Waals surface area contributed by atoms with Crippen molar-refractivity contribution in [2.75, 3.05) is 41.0 Å². The van der Waals surface area contributed by atoms with Gasteiger partial charge in [0.05, 0.1) is 34.4 Å². The lowest BCUT2D eigenvalue weighted by atomic mass is 10.1. The first-order chi connectivity index (χ1) is 30.6. The lowest BCUT2D eigenvalue weighted by Crippen LogP contribution is -2.50. The van der Waals surface area contributed by atoms with Crippen LogP contribution in [0.15, 0.2) is 60.8 Å². The van der Waals surface area contributed by atoms with Crippen molar-refractivity contribution in [1.82, 2.24) is 0 Å². The SMILES string of the molecule is CC/C=C/C/C=C/C/C=C/C/C=C/CCCCCCCCCCCCC(=O)OCC(COCCC(C(=O)O)[N+](C)(C)C)OC(=O)CCCCCCC/C=C/CCCCCCCCC. The summed E-state index contributed by atoms with van der Waals surface area (Å²) in [5.41, 5.74) is 0. The number of hydrogen-bond donors (Lipinski definition) is 1. The highest BCUT2D eigenvalue weighted by Crippen LogP contribution is 2.15. The number of carbonyl (C=O) groups is 3. The molecule has 0 saturated heterocycles. The standard InChI is InChI=1S/C55H97NO7/c1-6-8-10-12-14-16-18-20-22-24-25-26-27-28-29-30-32-33-35-37-39-41-43-45-53(57)62-50-51(49-61-48-47-52(55(59)60)56(3,4)5)63-54(58)46-44-42-40-38-36-34-31-23-21-19-17-15-13-11-9-7-2/h8,10,14,16,20,22-23,25-26,31,51-52H,6-7,9,11-13,15,17-19,21,24,27-30,32-50H2,1-5H3/p+1/b10-8+,16-14+,22-20+,26-25+,31-23+. The van der Waals surface area contributed by atoms with E-state index in [9.17, 15) is 19.5 Å². The second-order valence-electron chi connectivity index (χ2n) is 18.4. The fraction of sp³-hybridized carbons (Fsp3) is 0.764. The molecular weight excluding hydrogens is 787 g/mol. The van der Waals surface area contributed by atoms with Crippen molar-refractivity contribution >= 4 is 17.9 Å². The number of aliphatic carboxylic acids is 1. The molecule has 0 amide bonds. The van der Waals surface area contributed by atoms with E-state index in [0.29, 0.717) is 19.3 Å². The monoisotopic (exact) mass is 885 g/mol. The van der Waals surface area contributed by atoms with Gasteiger partial charge in [-0.2, -0.15) is 0 Å². The molecule has 63 heavy (non-hydrogen) atoms. The first-order valence-electron chi connectivity index (χ1n) is 25.8. The van der Waals surface area contributed by atoms with Gasteiger partial charge in [-0.3, -0.25) is 9.59 Å². The minimum absolute atomic E-state index is 0.0558. The van der Waals surface area contributed by atoms with Gasteiger partial charge in [0.2, 0.25) is 0 Å². The van der Waals surface area contributed by atoms with E-state index in [2.05, 4.69) is 74.6 Å². The first-order valence-corrected chi connectivity index (χ1v) is 25.8. The number of unbranched alkanes of at least 4 members (excludes halogenated alkanes) is 22. The average molecular weight is 885 g/mol. The van der Waals surface area contributed by atoms with Crippen LogP contribution in [0.3, 0.4) is 0 Å². The zero-order valence-corrected chi connectivity index (χ0v) is 41.5. The van der Waals surface area contributed by atoms with E-state index < -0.39 is 18.1 Å². The summed E-state index contributed by atoms with van der Waals surface area (Å²) in [5.74, 6) is -1.48. The zero-order chi connectivity index (χ0) is 46.3. The van der Waals surface area contributed by atoms with Gasteiger partial charge in [0.1, 0.15) is 6.61 Å². The lowest BCUT2D eigenvalue weighted by Gasteiger charge is -2.31. The molecule has 0 saturated carbocycles. The highest BCUT2D eigenvalue weighted by atomic mass is 16.6. The van der Waals surface area contributed by atoms with Gasteiger partial charge < -0.3 is 23.8 Å². The molecule has 1 N–H and O–H groups in total. The third-order valence-corrected chi connectivity index (χ3v) is 11.4. The predicted molar refractivity (Wildman–Crippen MR) is 266 cm³/mol. The summed E-state index contributed by atoms with van der Waals surface area (Å²) in [6, 6.07) is -0.618. The molecule has 0 rings (SSSR count). The van der Waals surface area contributed by atoms with Gasteiger partial charge in [-0.1, -0.05) is 184 Å². The Balaban J connectivity index is 4.23. The first kappa shape index (κ1) is 60.0. The van der Waals surface area contributed by atoms with Crippen LogP contribution in [0.25, 0.3) is 0 Å². The number of carboxylic acids is 1. The van der Waals surface area contributed by atoms with E-state index in [4.69, 9.17) is 14.2 Å². The van der Waals surface area contributed by atoms with Crippen molar-refractivity contribution in [1.29, 1.82) is 0 Å². The predicted octanol–water partition coefficient (Wildman–Crippen LogP) is 14.9. The topological polar surface area (TPSA) is 99.1 Å². The van der Waals surface area contributed by atoms with Crippen LogP contribution >= 0.6 is 0 Å². The van der Waals surface area contributed by atoms with Crippen LogP contribution in [-0.4, -0.2) is 80.6 Å². The van der Waals surface area contributed by atoms with Crippen molar-refractivity contribution in [2.24, 2.45) is 0 Å². The van der Waals surface area contributed by atoms with Gasteiger partial charge in [0, 0.05) is 19.3 Å². The van der Waals surface area contributed by atoms with Crippen molar-refractivity contribution in [3.63, 3.8) is 0 Å². The Morgan fingerprint density at radius 2 is 0.889 bits per heavy atom. The number of likely N-dealkylation sites (N-methyl/N-ethyl adjacent to an activating group) is 1. The summed E-state index contributed by atoms with van der Waals surface area (Å²) in [6.45, 7) is 4.62. The van der Waals surface area contributed by atoms with Crippen LogP contribution < -0.4 is 0 Å². The minimum atomic E-state index is -0.877. The quantitative estimate of drug-likeness (QED) is 0.0281. The third-order valence-electron chi connectivity index (χ3n) is 11.4. The van der Waals surface area contributed by atoms with Crippen molar-refractivity contribution in [2.45, 2.75) is 231 Å². The normalized spacial score (nSPS) is 13.3. The number of allylic oxidation sites excluding steroid dienone is 10. The van der Waals surface area contributed by atoms with E-state index in [1.54, 1.807) is 0 Å². The Bertz CT molecular complexity index is 1210. The van der Waals surface area contributed by atoms with Gasteiger partial charge in [-0.05, 0) is 77.0 Å². The molecule has 8 heteroatoms. The smallest absolute Gasteiger partial charge is 0.362 e. The highest BCUT2D eigenvalue weighted by Gasteiger charge is 2.31. The van der Waals surface area contributed by atoms with Gasteiger partial charge in [0.15, 0.2) is 12.1 Å². The minimum Gasteiger partial charge on any atom is -0.477 e. The van der Waals surface area contributed by atoms with Crippen molar-refractivity contribution in [3.05, 3.63) is 60.8 Å². The summed E-state index contributed by atoms with van der Waals surface area (Å²) in [7, 11) is 5.53. The van der Waals surface area contributed by atoms with Crippen molar-refractivity contribution < 1.29 is 38.2 Å². The maximum atomic E-state index is 12.8. The zero-order valence-electron chi connectivity index (χ0n) is 41.5. The molecule has 0 fully saturated rings. The number of esters is 2. The van der Waals surface area contributed by atoms with Crippen LogP contribution in [0.5, 0.6) is 0 Å². The molecule has 0 aliphatic carbocycles. The van der Waals surface area contributed by atoms with Crippen LogP contribution in [0.4, 0.5) is 0 Å². The number of ether oxygens (including phenoxy) is 3. The number of hydrogen-bond acceptors (Lipinski definition) is 6. The highest BCUT2D eigenvalue weighted by molar-refractivity contribution is 5.72. The number of nitrogens with zero attached hydrogens (tertiary/aromatic N) is 1. The van der Waals surface area contributed by atoms with Crippen LogP contribution in [-0.2, 0) is 28.6 Å². The van der Waals surface area contributed by atoms with Gasteiger partial charge in [-0.25, -0.2) is 4.79 Å². The van der Waals surface area contributed by atoms with Gasteiger partial charge in [0.25, 0.3) is 0 Å². The number of carboxylic acid groups (broad SMARTS) is 1.